The zero-order valence-corrected chi connectivity index (χ0v) is 5.54. The van der Waals surface area contributed by atoms with Crippen molar-refractivity contribution in [3.05, 3.63) is 0 Å². The maximum absolute atomic E-state index is 9.58. The molecule has 0 saturated heterocycles. The van der Waals surface area contributed by atoms with E-state index in [1.54, 1.807) is 0 Å². The minimum Gasteiger partial charge on any atom is -0.302 e. The van der Waals surface area contributed by atoms with Crippen LogP contribution in [-0.2, 0) is 18.9 Å². The van der Waals surface area contributed by atoms with Gasteiger partial charge in [0, 0.05) is 0 Å². The maximum atomic E-state index is 9.58. The van der Waals surface area contributed by atoms with E-state index >= 15 is 0 Å². The van der Waals surface area contributed by atoms with Gasteiger partial charge in [0.15, 0.2) is 0 Å². The molecule has 0 aromatic carbocycles. The van der Waals surface area contributed by atoms with Gasteiger partial charge in [-0.2, -0.15) is 8.42 Å². The average molecular weight is 231 g/mol. The van der Waals surface area contributed by atoms with E-state index in [1.165, 1.54) is 0 Å². The van der Waals surface area contributed by atoms with Gasteiger partial charge in [0.2, 0.25) is 0 Å². The van der Waals surface area contributed by atoms with E-state index in [9.17, 15) is 13.0 Å². The second-order valence-corrected chi connectivity index (χ2v) is 3.43. The second kappa shape index (κ2) is 6.07. The minimum absolute atomic E-state index is 0. The Morgan fingerprint density at radius 3 is 1.45 bits per heavy atom. The van der Waals surface area contributed by atoms with Gasteiger partial charge in [0.1, 0.15) is 0 Å². The highest BCUT2D eigenvalue weighted by atomic mass is 32.3. The zero-order valence-electron chi connectivity index (χ0n) is 3.83. The molecule has 0 aliphatic carbocycles. The van der Waals surface area contributed by atoms with Crippen molar-refractivity contribution in [1.82, 2.24) is 0 Å². The first-order chi connectivity index (χ1) is 3.71. The molecule has 0 fully saturated rings. The molecule has 0 aromatic heterocycles. The molecule has 0 aliphatic heterocycles. The maximum Gasteiger partial charge on any atom is 0.486 e. The molecular weight excluding hydrogens is 224 g/mol. The Hall–Kier alpha value is 1.55. The molecule has 64 valence electrons. The van der Waals surface area contributed by atoms with Crippen LogP contribution < -0.4 is 0 Å². The van der Waals surface area contributed by atoms with Gasteiger partial charge in [0.05, 0.1) is 0 Å². The summed E-state index contributed by atoms with van der Waals surface area (Å²) in [6.45, 7) is 0. The highest BCUT2D eigenvalue weighted by Crippen LogP contribution is 2.37. The van der Waals surface area contributed by atoms with Crippen LogP contribution in [0.4, 0.5) is 0 Å². The summed E-state index contributed by atoms with van der Waals surface area (Å²) < 4.78 is 39.0. The van der Waals surface area contributed by atoms with Crippen LogP contribution in [0.1, 0.15) is 0 Å². The number of phosphoric acid groups is 1. The lowest BCUT2D eigenvalue weighted by molar-refractivity contribution is 0.268. The van der Waals surface area contributed by atoms with Gasteiger partial charge in [-0.05, 0) is 0 Å². The van der Waals surface area contributed by atoms with E-state index in [0.29, 0.717) is 0 Å². The van der Waals surface area contributed by atoms with Gasteiger partial charge in [-0.25, -0.2) is 4.57 Å². The Labute approximate surface area is 95.0 Å². The molecule has 0 radical (unpaired) electrons. The molecule has 0 amide bonds. The molecule has 0 aliphatic rings. The fraction of sp³-hybridized carbons (Fsp3) is 0. The van der Waals surface area contributed by atoms with Crippen LogP contribution in [0.2, 0.25) is 0 Å². The second-order valence-electron chi connectivity index (χ2n) is 0.993. The molecule has 0 aromatic rings. The van der Waals surface area contributed by atoms with Crippen molar-refractivity contribution < 1.29 is 31.3 Å². The molecule has 0 saturated carbocycles. The molecule has 11 heavy (non-hydrogen) atoms. The smallest absolute Gasteiger partial charge is 0.302 e. The van der Waals surface area contributed by atoms with Crippen molar-refractivity contribution in [3.63, 3.8) is 0 Å². The predicted octanol–water partition coefficient (Wildman–Crippen LogP) is -2.93. The van der Waals surface area contributed by atoms with Crippen molar-refractivity contribution in [3.8, 4) is 0 Å². The Morgan fingerprint density at radius 2 is 1.45 bits per heavy atom. The van der Waals surface area contributed by atoms with Crippen molar-refractivity contribution in [2.75, 3.05) is 0 Å². The van der Waals surface area contributed by atoms with E-state index in [1.807, 2.05) is 0 Å². The standard InChI is InChI=1S/2Mg.H3O7PS.4H/c;;1-8(2,3)7-9(4,5)6;;;;/h;;(H2,1,2,3)(H,4,5,6);;;;. The summed E-state index contributed by atoms with van der Waals surface area (Å²) in [5.74, 6) is 0. The van der Waals surface area contributed by atoms with E-state index in [4.69, 9.17) is 14.3 Å². The van der Waals surface area contributed by atoms with Gasteiger partial charge in [-0.15, -0.1) is 3.97 Å². The van der Waals surface area contributed by atoms with Gasteiger partial charge >= 0.3 is 64.3 Å². The van der Waals surface area contributed by atoms with Crippen LogP contribution in [0.5, 0.6) is 0 Å². The van der Waals surface area contributed by atoms with Gasteiger partial charge in [0.25, 0.3) is 0 Å². The SMILES string of the molecule is O=P(O)(O)OS(=O)(=O)O.[MgH2].[MgH2]. The van der Waals surface area contributed by atoms with Crippen LogP contribution >= 0.6 is 7.82 Å². The summed E-state index contributed by atoms with van der Waals surface area (Å²) in [5.41, 5.74) is 0. The quantitative estimate of drug-likeness (QED) is 0.264. The Kier molecular flexibility index (Phi) is 10.1. The summed E-state index contributed by atoms with van der Waals surface area (Å²) in [7, 11) is -10.2. The first-order valence-corrected chi connectivity index (χ1v) is 4.34. The molecule has 7 nitrogen and oxygen atoms in total. The number of hydrogen-bond donors (Lipinski definition) is 3. The third-order valence-corrected chi connectivity index (χ3v) is 1.72. The normalized spacial score (nSPS) is 11.2. The topological polar surface area (TPSA) is 121 Å². The Bertz CT molecular complexity index is 223. The van der Waals surface area contributed by atoms with Crippen LogP contribution in [-0.4, -0.2) is 68.9 Å². The third kappa shape index (κ3) is 18.5. The summed E-state index contributed by atoms with van der Waals surface area (Å²) in [6.07, 6.45) is 0. The lowest BCUT2D eigenvalue weighted by atomic mass is 15.7. The number of hydrogen-bond acceptors (Lipinski definition) is 4. The van der Waals surface area contributed by atoms with E-state index in [0.717, 1.165) is 0 Å². The molecule has 0 atom stereocenters. The van der Waals surface area contributed by atoms with Crippen LogP contribution in [0.25, 0.3) is 0 Å². The Morgan fingerprint density at radius 1 is 1.18 bits per heavy atom. The summed E-state index contributed by atoms with van der Waals surface area (Å²) in [5, 5.41) is 0. The van der Waals surface area contributed by atoms with Crippen molar-refractivity contribution in [1.29, 1.82) is 0 Å². The van der Waals surface area contributed by atoms with E-state index < -0.39 is 18.2 Å². The van der Waals surface area contributed by atoms with Gasteiger partial charge in [-0.1, -0.05) is 0 Å². The largest absolute Gasteiger partial charge is 0.486 e. The Balaban J connectivity index is -0.000000320. The summed E-state index contributed by atoms with van der Waals surface area (Å²) in [4.78, 5) is 15.4. The fourth-order valence-electron chi connectivity index (χ4n) is 0.123. The molecule has 3 N–H and O–H groups in total. The highest BCUT2D eigenvalue weighted by molar-refractivity contribution is 7.85. The van der Waals surface area contributed by atoms with E-state index in [2.05, 4.69) is 3.97 Å². The summed E-state index contributed by atoms with van der Waals surface area (Å²) >= 11 is 0. The number of rotatable bonds is 2. The van der Waals surface area contributed by atoms with Crippen molar-refractivity contribution in [2.24, 2.45) is 0 Å². The monoisotopic (exact) mass is 230 g/mol. The third-order valence-electron chi connectivity index (χ3n) is 0.191. The molecule has 0 spiro atoms. The first kappa shape index (κ1) is 18.4. The van der Waals surface area contributed by atoms with Crippen LogP contribution in [0.3, 0.4) is 0 Å². The lowest BCUT2D eigenvalue weighted by Crippen LogP contribution is -2.00. The van der Waals surface area contributed by atoms with Crippen molar-refractivity contribution in [2.45, 2.75) is 0 Å². The molecule has 0 unspecified atom stereocenters. The highest BCUT2D eigenvalue weighted by Gasteiger charge is 2.22. The molecule has 0 heterocycles. The molecule has 0 bridgehead atoms. The first-order valence-electron chi connectivity index (χ1n) is 1.45. The van der Waals surface area contributed by atoms with Gasteiger partial charge < -0.3 is 9.79 Å². The van der Waals surface area contributed by atoms with Gasteiger partial charge in [-0.3, -0.25) is 4.55 Å². The van der Waals surface area contributed by atoms with Crippen molar-refractivity contribution >= 4 is 64.3 Å². The summed E-state index contributed by atoms with van der Waals surface area (Å²) in [6, 6.07) is 0. The minimum atomic E-state index is -5.13. The van der Waals surface area contributed by atoms with E-state index in [-0.39, 0.29) is 46.1 Å². The average Bonchev–Trinajstić information content (AvgIpc) is 1.14. The predicted molar refractivity (Wildman–Crippen MR) is 41.8 cm³/mol. The molecule has 0 rings (SSSR count). The molecular formula is H7Mg2O7PS. The van der Waals surface area contributed by atoms with Crippen LogP contribution in [0, 0.1) is 0 Å². The lowest BCUT2D eigenvalue weighted by Gasteiger charge is -1.97. The van der Waals surface area contributed by atoms with Crippen LogP contribution in [0.15, 0.2) is 0 Å². The zero-order chi connectivity index (χ0) is 7.71. The fourth-order valence-corrected chi connectivity index (χ4v) is 1.10. The molecule has 11 heteroatoms.